The zero-order valence-corrected chi connectivity index (χ0v) is 22.3. The summed E-state index contributed by atoms with van der Waals surface area (Å²) in [6.45, 7) is 0. The molecule has 0 aliphatic carbocycles. The van der Waals surface area contributed by atoms with E-state index in [0.717, 1.165) is 10.5 Å². The first kappa shape index (κ1) is 22.0. The van der Waals surface area contributed by atoms with Gasteiger partial charge >= 0.3 is 0 Å². The number of hydrogen-bond acceptors (Lipinski definition) is 2. The summed E-state index contributed by atoms with van der Waals surface area (Å²) in [5, 5.41) is 11.3. The zero-order chi connectivity index (χ0) is 26.2. The molecule has 0 N–H and O–H groups in total. The van der Waals surface area contributed by atoms with Crippen LogP contribution in [0, 0.1) is 0 Å². The minimum Gasteiger partial charge on any atom is -0.445 e. The molecule has 0 radical (unpaired) electrons. The van der Waals surface area contributed by atoms with Gasteiger partial charge in [-0.15, -0.1) is 0 Å². The standard InChI is InChI=1S/C38H22OS/c1-2-10-24-21-25(18-17-23(24)9-1)35-27-11-3-5-13-29(27)36(30-14-6-4-12-28(30)35)26-19-20-34-32(22-26)37-31-15-7-8-16-33(31)39-38(37)40-34/h1-22H. The maximum absolute atomic E-state index is 6.24. The Morgan fingerprint density at radius 1 is 0.425 bits per heavy atom. The molecule has 1 nitrogen and oxygen atoms in total. The van der Waals surface area contributed by atoms with Gasteiger partial charge in [0, 0.05) is 20.9 Å². The Hall–Kier alpha value is -4.92. The van der Waals surface area contributed by atoms with Crippen molar-refractivity contribution >= 4 is 75.0 Å². The van der Waals surface area contributed by atoms with Gasteiger partial charge in [-0.05, 0) is 78.8 Å². The summed E-state index contributed by atoms with van der Waals surface area (Å²) in [5.74, 6) is 0. The van der Waals surface area contributed by atoms with Crippen LogP contribution in [0.2, 0.25) is 0 Å². The van der Waals surface area contributed by atoms with E-state index in [1.165, 1.54) is 75.4 Å². The summed E-state index contributed by atoms with van der Waals surface area (Å²) >= 11 is 1.73. The molecule has 0 bridgehead atoms. The van der Waals surface area contributed by atoms with E-state index in [9.17, 15) is 0 Å². The summed E-state index contributed by atoms with van der Waals surface area (Å²) in [4.78, 5) is 0.995. The first-order valence-electron chi connectivity index (χ1n) is 13.6. The molecule has 9 rings (SSSR count). The average Bonchev–Trinajstić information content (AvgIpc) is 3.55. The van der Waals surface area contributed by atoms with E-state index in [0.29, 0.717) is 0 Å². The van der Waals surface area contributed by atoms with Crippen LogP contribution < -0.4 is 0 Å². The highest BCUT2D eigenvalue weighted by atomic mass is 32.1. The largest absolute Gasteiger partial charge is 0.445 e. The number of rotatable bonds is 2. The van der Waals surface area contributed by atoms with Crippen LogP contribution in [0.5, 0.6) is 0 Å². The fourth-order valence-electron chi connectivity index (χ4n) is 6.51. The highest BCUT2D eigenvalue weighted by Crippen LogP contribution is 2.46. The van der Waals surface area contributed by atoms with Crippen LogP contribution in [0.3, 0.4) is 0 Å². The van der Waals surface area contributed by atoms with E-state index in [-0.39, 0.29) is 0 Å². The lowest BCUT2D eigenvalue weighted by Crippen LogP contribution is -1.91. The minimum atomic E-state index is 0.951. The predicted octanol–water partition coefficient (Wildman–Crippen LogP) is 11.6. The number of fused-ring (bicyclic) bond motifs is 8. The van der Waals surface area contributed by atoms with Gasteiger partial charge in [0.1, 0.15) is 5.58 Å². The number of thiophene rings is 1. The topological polar surface area (TPSA) is 13.1 Å². The van der Waals surface area contributed by atoms with E-state index >= 15 is 0 Å². The molecule has 0 fully saturated rings. The second kappa shape index (κ2) is 8.29. The van der Waals surface area contributed by atoms with E-state index in [1.807, 2.05) is 6.07 Å². The molecule has 0 amide bonds. The van der Waals surface area contributed by atoms with Gasteiger partial charge in [-0.25, -0.2) is 0 Å². The normalized spacial score (nSPS) is 12.0. The quantitative estimate of drug-likeness (QED) is 0.204. The summed E-state index contributed by atoms with van der Waals surface area (Å²) < 4.78 is 7.49. The molecule has 2 heterocycles. The number of furan rings is 1. The second-order valence-corrected chi connectivity index (χ2v) is 11.5. The van der Waals surface area contributed by atoms with Crippen molar-refractivity contribution in [2.75, 3.05) is 0 Å². The molecule has 0 unspecified atom stereocenters. The zero-order valence-electron chi connectivity index (χ0n) is 21.5. The van der Waals surface area contributed by atoms with Crippen LogP contribution in [0.15, 0.2) is 138 Å². The van der Waals surface area contributed by atoms with Crippen molar-refractivity contribution in [3.63, 3.8) is 0 Å². The van der Waals surface area contributed by atoms with Crippen LogP contribution in [0.1, 0.15) is 0 Å². The van der Waals surface area contributed by atoms with Crippen molar-refractivity contribution in [2.24, 2.45) is 0 Å². The van der Waals surface area contributed by atoms with Gasteiger partial charge in [0.2, 0.25) is 0 Å². The van der Waals surface area contributed by atoms with Crippen molar-refractivity contribution in [1.82, 2.24) is 0 Å². The Balaban J connectivity index is 1.38. The number of benzene rings is 7. The van der Waals surface area contributed by atoms with Crippen LogP contribution >= 0.6 is 11.3 Å². The Bertz CT molecular complexity index is 2380. The van der Waals surface area contributed by atoms with Crippen LogP contribution in [-0.4, -0.2) is 0 Å². The Morgan fingerprint density at radius 3 is 1.68 bits per heavy atom. The van der Waals surface area contributed by atoms with Crippen LogP contribution in [0.25, 0.3) is 85.9 Å². The van der Waals surface area contributed by atoms with Gasteiger partial charge in [0.25, 0.3) is 0 Å². The van der Waals surface area contributed by atoms with E-state index in [2.05, 4.69) is 127 Å². The Labute approximate surface area is 234 Å². The lowest BCUT2D eigenvalue weighted by Gasteiger charge is -2.18. The third kappa shape index (κ3) is 3.08. The molecule has 0 atom stereocenters. The van der Waals surface area contributed by atoms with Gasteiger partial charge in [-0.3, -0.25) is 0 Å². The smallest absolute Gasteiger partial charge is 0.190 e. The third-order valence-corrected chi connectivity index (χ3v) is 9.32. The maximum Gasteiger partial charge on any atom is 0.190 e. The van der Waals surface area contributed by atoms with Crippen molar-refractivity contribution in [3.8, 4) is 22.3 Å². The molecule has 40 heavy (non-hydrogen) atoms. The van der Waals surface area contributed by atoms with Crippen LogP contribution in [-0.2, 0) is 0 Å². The summed E-state index contributed by atoms with van der Waals surface area (Å²) in [6.07, 6.45) is 0. The predicted molar refractivity (Wildman–Crippen MR) is 172 cm³/mol. The fourth-order valence-corrected chi connectivity index (χ4v) is 7.58. The molecule has 0 saturated heterocycles. The molecule has 186 valence electrons. The van der Waals surface area contributed by atoms with Gasteiger partial charge < -0.3 is 4.42 Å². The number of para-hydroxylation sites is 1. The van der Waals surface area contributed by atoms with E-state index in [4.69, 9.17) is 4.42 Å². The van der Waals surface area contributed by atoms with E-state index in [1.54, 1.807) is 11.3 Å². The minimum absolute atomic E-state index is 0.951. The van der Waals surface area contributed by atoms with Gasteiger partial charge in [0.15, 0.2) is 4.90 Å². The average molecular weight is 527 g/mol. The SMILES string of the molecule is c1ccc2cc(-c3c4ccccc4c(-c4ccc5sc6oc7ccccc7c6c5c4)c4ccccc34)ccc2c1. The molecule has 7 aromatic carbocycles. The number of hydrogen-bond donors (Lipinski definition) is 0. The molecule has 2 aromatic heterocycles. The second-order valence-electron chi connectivity index (χ2n) is 10.5. The lowest BCUT2D eigenvalue weighted by molar-refractivity contribution is 0.678. The van der Waals surface area contributed by atoms with Crippen molar-refractivity contribution in [3.05, 3.63) is 133 Å². The fraction of sp³-hybridized carbons (Fsp3) is 0. The molecule has 0 saturated carbocycles. The molecule has 2 heteroatoms. The third-order valence-electron chi connectivity index (χ3n) is 8.27. The monoisotopic (exact) mass is 526 g/mol. The van der Waals surface area contributed by atoms with Crippen molar-refractivity contribution in [2.45, 2.75) is 0 Å². The van der Waals surface area contributed by atoms with Crippen molar-refractivity contribution in [1.29, 1.82) is 0 Å². The maximum atomic E-state index is 6.24. The van der Waals surface area contributed by atoms with Gasteiger partial charge in [-0.1, -0.05) is 121 Å². The van der Waals surface area contributed by atoms with Gasteiger partial charge in [-0.2, -0.15) is 0 Å². The molecule has 9 aromatic rings. The first-order chi connectivity index (χ1) is 19.8. The van der Waals surface area contributed by atoms with E-state index < -0.39 is 0 Å². The first-order valence-corrected chi connectivity index (χ1v) is 14.4. The summed E-state index contributed by atoms with van der Waals surface area (Å²) in [6, 6.07) is 48.5. The van der Waals surface area contributed by atoms with Gasteiger partial charge in [0.05, 0.1) is 0 Å². The van der Waals surface area contributed by atoms with Crippen LogP contribution in [0.4, 0.5) is 0 Å². The highest BCUT2D eigenvalue weighted by Gasteiger charge is 2.19. The molecular weight excluding hydrogens is 504 g/mol. The molecular formula is C38H22OS. The molecule has 0 spiro atoms. The van der Waals surface area contributed by atoms with Crippen molar-refractivity contribution < 1.29 is 4.42 Å². The highest BCUT2D eigenvalue weighted by molar-refractivity contribution is 7.25. The molecule has 0 aliphatic heterocycles. The summed E-state index contributed by atoms with van der Waals surface area (Å²) in [5.41, 5.74) is 6.00. The summed E-state index contributed by atoms with van der Waals surface area (Å²) in [7, 11) is 0. The Morgan fingerprint density at radius 2 is 0.975 bits per heavy atom. The lowest BCUT2D eigenvalue weighted by atomic mass is 9.85. The molecule has 0 aliphatic rings. The Kier molecular flexibility index (Phi) is 4.55.